The Kier molecular flexibility index (Phi) is 6.05. The second kappa shape index (κ2) is 7.94. The normalized spacial score (nSPS) is 19.0. The highest BCUT2D eigenvalue weighted by Crippen LogP contribution is 2.41. The molecule has 1 aromatic heterocycles. The minimum atomic E-state index is -5.79. The monoisotopic (exact) mass is 484 g/mol. The zero-order chi connectivity index (χ0) is 24.1. The molecule has 1 aromatic carbocycles. The topological polar surface area (TPSA) is 69.3 Å². The van der Waals surface area contributed by atoms with Crippen LogP contribution in [0.4, 0.5) is 32.0 Å². The molecule has 1 aliphatic rings. The van der Waals surface area contributed by atoms with Gasteiger partial charge in [0.1, 0.15) is 0 Å². The first-order chi connectivity index (χ1) is 14.5. The molecule has 1 atom stereocenters. The number of rotatable bonds is 3. The first-order valence-corrected chi connectivity index (χ1v) is 11.0. The molecule has 3 rings (SSSR count). The minimum absolute atomic E-state index is 0.0835. The van der Waals surface area contributed by atoms with Gasteiger partial charge >= 0.3 is 21.7 Å². The zero-order valence-corrected chi connectivity index (χ0v) is 18.2. The first kappa shape index (κ1) is 24.4. The van der Waals surface area contributed by atoms with Crippen molar-refractivity contribution in [2.24, 2.45) is 5.41 Å². The fourth-order valence-electron chi connectivity index (χ4n) is 3.70. The number of aromatic amines is 1. The summed E-state index contributed by atoms with van der Waals surface area (Å²) in [6, 6.07) is 1.93. The Labute approximate surface area is 181 Å². The first-order valence-electron chi connectivity index (χ1n) is 9.52. The lowest BCUT2D eigenvalue weighted by Crippen LogP contribution is -2.52. The van der Waals surface area contributed by atoms with Gasteiger partial charge in [0, 0.05) is 31.0 Å². The maximum atomic E-state index is 13.4. The summed E-state index contributed by atoms with van der Waals surface area (Å²) in [6.45, 7) is 3.87. The molecule has 0 saturated carbocycles. The van der Waals surface area contributed by atoms with Crippen LogP contribution in [-0.4, -0.2) is 40.8 Å². The summed E-state index contributed by atoms with van der Waals surface area (Å²) in [5, 5.41) is 0. The van der Waals surface area contributed by atoms with Gasteiger partial charge in [0.15, 0.2) is 0 Å². The third-order valence-corrected chi connectivity index (χ3v) is 6.89. The van der Waals surface area contributed by atoms with Crippen molar-refractivity contribution in [3.05, 3.63) is 47.5 Å². The number of aromatic nitrogens is 2. The fourth-order valence-corrected chi connectivity index (χ4v) is 4.64. The van der Waals surface area contributed by atoms with E-state index in [1.165, 1.54) is 18.6 Å². The summed E-state index contributed by atoms with van der Waals surface area (Å²) in [5.74, 6) is 0. The smallest absolute Gasteiger partial charge is 0.361 e. The highest BCUT2D eigenvalue weighted by molar-refractivity contribution is 7.89. The molecule has 0 fully saturated rings. The van der Waals surface area contributed by atoms with Crippen molar-refractivity contribution in [3.8, 4) is 0 Å². The van der Waals surface area contributed by atoms with Crippen LogP contribution in [0.1, 0.15) is 37.6 Å². The van der Waals surface area contributed by atoms with E-state index in [1.54, 1.807) is 25.7 Å². The predicted molar refractivity (Wildman–Crippen MR) is 105 cm³/mol. The number of hydrogen-bond acceptors (Lipinski definition) is 4. The quantitative estimate of drug-likeness (QED) is 0.651. The molecule has 1 N–H and O–H groups in total. The van der Waals surface area contributed by atoms with Crippen molar-refractivity contribution in [3.63, 3.8) is 0 Å². The van der Waals surface area contributed by atoms with Crippen molar-refractivity contribution >= 4 is 15.7 Å². The van der Waals surface area contributed by atoms with E-state index in [1.807, 2.05) is 0 Å². The van der Waals surface area contributed by atoms with Crippen molar-refractivity contribution in [1.29, 1.82) is 0 Å². The molecular weight excluding hydrogens is 462 g/mol. The minimum Gasteiger partial charge on any atom is -0.361 e. The van der Waals surface area contributed by atoms with E-state index in [0.717, 1.165) is 6.07 Å². The van der Waals surface area contributed by atoms with Crippen LogP contribution in [0.15, 0.2) is 30.7 Å². The lowest BCUT2D eigenvalue weighted by Gasteiger charge is -2.42. The summed E-state index contributed by atoms with van der Waals surface area (Å²) in [5.41, 5.74) is -6.76. The van der Waals surface area contributed by atoms with Gasteiger partial charge in [-0.1, -0.05) is 20.8 Å². The van der Waals surface area contributed by atoms with Crippen molar-refractivity contribution in [2.45, 2.75) is 51.6 Å². The van der Waals surface area contributed by atoms with Gasteiger partial charge in [-0.05, 0) is 29.2 Å². The molecule has 32 heavy (non-hydrogen) atoms. The van der Waals surface area contributed by atoms with Gasteiger partial charge in [0.2, 0.25) is 0 Å². The van der Waals surface area contributed by atoms with Crippen LogP contribution in [0, 0.1) is 5.41 Å². The third kappa shape index (κ3) is 4.72. The Balaban J connectivity index is 2.22. The van der Waals surface area contributed by atoms with Crippen LogP contribution in [0.5, 0.6) is 0 Å². The van der Waals surface area contributed by atoms with Crippen LogP contribution in [-0.2, 0) is 29.3 Å². The summed E-state index contributed by atoms with van der Waals surface area (Å²) in [7, 11) is -5.79. The highest BCUT2D eigenvalue weighted by Gasteiger charge is 2.52. The number of alkyl halides is 6. The summed E-state index contributed by atoms with van der Waals surface area (Å²) >= 11 is 0. The van der Waals surface area contributed by atoms with Gasteiger partial charge in [-0.25, -0.2) is 13.4 Å². The van der Waals surface area contributed by atoms with E-state index in [2.05, 4.69) is 9.97 Å². The zero-order valence-electron chi connectivity index (χ0n) is 17.4. The number of nitrogens with zero attached hydrogens (tertiary/aromatic N) is 3. The van der Waals surface area contributed by atoms with Crippen LogP contribution >= 0.6 is 0 Å². The lowest BCUT2D eigenvalue weighted by molar-refractivity contribution is -0.137. The largest absolute Gasteiger partial charge is 0.511 e. The molecule has 0 bridgehead atoms. The average molecular weight is 484 g/mol. The number of sulfonamides is 1. The highest BCUT2D eigenvalue weighted by atomic mass is 32.2. The maximum Gasteiger partial charge on any atom is 0.511 e. The molecule has 0 spiro atoms. The molecular formula is C19H22F6N4O2S. The van der Waals surface area contributed by atoms with E-state index >= 15 is 0 Å². The average Bonchev–Trinajstić information content (AvgIpc) is 3.07. The summed E-state index contributed by atoms with van der Waals surface area (Å²) in [4.78, 5) is 8.40. The molecule has 178 valence electrons. The number of H-pyrrole nitrogens is 1. The Bertz CT molecular complexity index is 1060. The second-order valence-corrected chi connectivity index (χ2v) is 10.6. The number of benzene rings is 1. The molecule has 0 saturated heterocycles. The van der Waals surface area contributed by atoms with E-state index < -0.39 is 51.8 Å². The van der Waals surface area contributed by atoms with E-state index in [9.17, 15) is 34.8 Å². The number of imidazole rings is 1. The third-order valence-electron chi connectivity index (χ3n) is 5.34. The van der Waals surface area contributed by atoms with Crippen LogP contribution in [0.3, 0.4) is 0 Å². The molecule has 2 aromatic rings. The molecule has 1 aliphatic heterocycles. The number of nitrogens with one attached hydrogen (secondary N) is 1. The molecule has 0 unspecified atom stereocenters. The molecule has 0 radical (unpaired) electrons. The van der Waals surface area contributed by atoms with Gasteiger partial charge in [0.05, 0.1) is 24.1 Å². The maximum absolute atomic E-state index is 13.4. The Morgan fingerprint density at radius 3 is 2.28 bits per heavy atom. The van der Waals surface area contributed by atoms with Crippen molar-refractivity contribution in [2.75, 3.05) is 11.4 Å². The number of fused-ring (bicyclic) bond motifs is 1. The molecule has 6 nitrogen and oxygen atoms in total. The van der Waals surface area contributed by atoms with Gasteiger partial charge < -0.3 is 9.88 Å². The standard InChI is InChI=1S/C19H22F6N4O2S/c1-17(2,3)16-10-28(32(30,31)19(23,24)25)8-12-6-13(18(20,21)22)4-5-15(12)29(16)9-14-7-26-11-27-14/h4-7,11,16H,8-10H2,1-3H3,(H,26,27)/t16-/m1/s1. The Morgan fingerprint density at radius 1 is 1.12 bits per heavy atom. The second-order valence-electron chi connectivity index (χ2n) is 8.67. The number of halogens is 6. The lowest BCUT2D eigenvalue weighted by atomic mass is 9.85. The van der Waals surface area contributed by atoms with E-state index in [-0.39, 0.29) is 22.1 Å². The van der Waals surface area contributed by atoms with Gasteiger partial charge in [-0.3, -0.25) is 0 Å². The Hall–Kier alpha value is -2.28. The SMILES string of the molecule is CC(C)(C)[C@H]1CN(S(=O)(=O)C(F)(F)F)Cc2cc(C(F)(F)F)ccc2N1Cc1cnc[nH]1. The van der Waals surface area contributed by atoms with Crippen molar-refractivity contribution < 1.29 is 34.8 Å². The van der Waals surface area contributed by atoms with Crippen molar-refractivity contribution in [1.82, 2.24) is 14.3 Å². The fraction of sp³-hybridized carbons (Fsp3) is 0.526. The van der Waals surface area contributed by atoms with Crippen LogP contribution in [0.2, 0.25) is 0 Å². The molecule has 0 amide bonds. The number of hydrogen-bond donors (Lipinski definition) is 1. The van der Waals surface area contributed by atoms with Gasteiger partial charge in [0.25, 0.3) is 0 Å². The van der Waals surface area contributed by atoms with Gasteiger partial charge in [-0.2, -0.15) is 30.6 Å². The van der Waals surface area contributed by atoms with Crippen LogP contribution in [0.25, 0.3) is 0 Å². The molecule has 13 heteroatoms. The molecule has 2 heterocycles. The Morgan fingerprint density at radius 2 is 1.78 bits per heavy atom. The predicted octanol–water partition coefficient (Wildman–Crippen LogP) is 4.52. The van der Waals surface area contributed by atoms with E-state index in [0.29, 0.717) is 11.8 Å². The van der Waals surface area contributed by atoms with Crippen LogP contribution < -0.4 is 4.90 Å². The summed E-state index contributed by atoms with van der Waals surface area (Å²) < 4.78 is 105. The summed E-state index contributed by atoms with van der Waals surface area (Å²) in [6.07, 6.45) is -1.86. The molecule has 0 aliphatic carbocycles. The van der Waals surface area contributed by atoms with E-state index in [4.69, 9.17) is 0 Å². The van der Waals surface area contributed by atoms with Gasteiger partial charge in [-0.15, -0.1) is 0 Å². The number of anilines is 1.